The molecule has 0 radical (unpaired) electrons. The zero-order valence-corrected chi connectivity index (χ0v) is 14.2. The molecular formula is C16H23F3O3S. The van der Waals surface area contributed by atoms with Gasteiger partial charge in [0, 0.05) is 0 Å². The summed E-state index contributed by atoms with van der Waals surface area (Å²) in [4.78, 5) is 0.0152. The molecule has 7 heteroatoms. The maximum Gasteiger partial charge on any atom is 0.391 e. The highest BCUT2D eigenvalue weighted by Gasteiger charge is 2.38. The molecule has 0 bridgehead atoms. The Bertz CT molecular complexity index is 565. The van der Waals surface area contributed by atoms with E-state index in [0.29, 0.717) is 12.8 Å². The van der Waals surface area contributed by atoms with E-state index in [2.05, 4.69) is 0 Å². The molecule has 1 aromatic carbocycles. The van der Waals surface area contributed by atoms with Crippen LogP contribution < -0.4 is 0 Å². The second-order valence-electron chi connectivity index (χ2n) is 5.61. The van der Waals surface area contributed by atoms with Crippen molar-refractivity contribution in [3.05, 3.63) is 29.8 Å². The smallest absolute Gasteiger partial charge is 0.266 e. The number of alkyl halides is 3. The van der Waals surface area contributed by atoms with Crippen molar-refractivity contribution in [2.45, 2.75) is 57.0 Å². The third-order valence-corrected chi connectivity index (χ3v) is 4.94. The molecule has 0 amide bonds. The molecule has 0 fully saturated rings. The first-order valence-electron chi connectivity index (χ1n) is 7.69. The van der Waals surface area contributed by atoms with Crippen LogP contribution in [0.4, 0.5) is 13.2 Å². The Balaban J connectivity index is 2.50. The number of benzene rings is 1. The molecule has 0 spiro atoms. The predicted molar refractivity (Wildman–Crippen MR) is 82.6 cm³/mol. The molecular weight excluding hydrogens is 329 g/mol. The average Bonchev–Trinajstić information content (AvgIpc) is 2.45. The van der Waals surface area contributed by atoms with Crippen LogP contribution in [0.3, 0.4) is 0 Å². The minimum absolute atomic E-state index is 0.0152. The summed E-state index contributed by atoms with van der Waals surface area (Å²) in [6.07, 6.45) is -3.03. The minimum Gasteiger partial charge on any atom is -0.266 e. The van der Waals surface area contributed by atoms with Gasteiger partial charge in [0.15, 0.2) is 0 Å². The molecule has 1 rings (SSSR count). The topological polar surface area (TPSA) is 43.4 Å². The Hall–Kier alpha value is -1.08. The largest absolute Gasteiger partial charge is 0.391 e. The average molecular weight is 352 g/mol. The van der Waals surface area contributed by atoms with E-state index < -0.39 is 22.2 Å². The van der Waals surface area contributed by atoms with Crippen LogP contribution >= 0.6 is 0 Å². The fraction of sp³-hybridized carbons (Fsp3) is 0.625. The Kier molecular flexibility index (Phi) is 7.54. The Morgan fingerprint density at radius 1 is 1.09 bits per heavy atom. The molecule has 1 atom stereocenters. The van der Waals surface area contributed by atoms with Crippen LogP contribution in [-0.4, -0.2) is 21.2 Å². The van der Waals surface area contributed by atoms with Crippen LogP contribution in [0, 0.1) is 12.8 Å². The van der Waals surface area contributed by atoms with Crippen LogP contribution in [0.1, 0.15) is 44.6 Å². The first-order valence-corrected chi connectivity index (χ1v) is 9.10. The van der Waals surface area contributed by atoms with Crippen molar-refractivity contribution in [2.24, 2.45) is 5.92 Å². The van der Waals surface area contributed by atoms with Gasteiger partial charge in [-0.25, -0.2) is 0 Å². The number of hydrogen-bond acceptors (Lipinski definition) is 3. The van der Waals surface area contributed by atoms with Crippen molar-refractivity contribution in [1.82, 2.24) is 0 Å². The third-order valence-electron chi connectivity index (χ3n) is 3.61. The first kappa shape index (κ1) is 20.0. The number of halogens is 3. The van der Waals surface area contributed by atoms with Crippen molar-refractivity contribution in [1.29, 1.82) is 0 Å². The lowest BCUT2D eigenvalue weighted by atomic mass is 9.96. The molecule has 0 aliphatic rings. The van der Waals surface area contributed by atoms with Gasteiger partial charge in [0.25, 0.3) is 10.1 Å². The van der Waals surface area contributed by atoms with Gasteiger partial charge in [0.2, 0.25) is 0 Å². The number of rotatable bonds is 9. The minimum atomic E-state index is -4.25. The summed E-state index contributed by atoms with van der Waals surface area (Å²) < 4.78 is 67.2. The van der Waals surface area contributed by atoms with Crippen molar-refractivity contribution < 1.29 is 25.8 Å². The van der Waals surface area contributed by atoms with Gasteiger partial charge in [0.1, 0.15) is 0 Å². The summed E-state index contributed by atoms with van der Waals surface area (Å²) in [7, 11) is -3.91. The molecule has 3 nitrogen and oxygen atoms in total. The quantitative estimate of drug-likeness (QED) is 0.471. The van der Waals surface area contributed by atoms with E-state index in [0.717, 1.165) is 5.56 Å². The highest BCUT2D eigenvalue weighted by molar-refractivity contribution is 7.86. The molecule has 0 saturated heterocycles. The van der Waals surface area contributed by atoms with E-state index in [1.807, 2.05) is 13.8 Å². The van der Waals surface area contributed by atoms with Crippen molar-refractivity contribution in [3.8, 4) is 0 Å². The number of aryl methyl sites for hydroxylation is 1. The fourth-order valence-corrected chi connectivity index (χ4v) is 3.14. The SMILES string of the molecule is CCCCC(CCCOS(=O)(=O)c1ccc(C)cc1)C(F)(F)F. The summed E-state index contributed by atoms with van der Waals surface area (Å²) in [5.74, 6) is -1.40. The van der Waals surface area contributed by atoms with E-state index in [4.69, 9.17) is 4.18 Å². The zero-order chi connectivity index (χ0) is 17.5. The van der Waals surface area contributed by atoms with E-state index in [9.17, 15) is 21.6 Å². The number of hydrogen-bond donors (Lipinski definition) is 0. The molecule has 0 heterocycles. The highest BCUT2D eigenvalue weighted by Crippen LogP contribution is 2.33. The van der Waals surface area contributed by atoms with Gasteiger partial charge in [-0.1, -0.05) is 37.5 Å². The Labute approximate surface area is 136 Å². The standard InChI is InChI=1S/C16H23F3O3S/c1-3-4-6-14(16(17,18)19)7-5-12-22-23(20,21)15-10-8-13(2)9-11-15/h8-11,14H,3-7,12H2,1-2H3. The Morgan fingerprint density at radius 3 is 2.17 bits per heavy atom. The van der Waals surface area contributed by atoms with E-state index in [-0.39, 0.29) is 30.8 Å². The lowest BCUT2D eigenvalue weighted by molar-refractivity contribution is -0.178. The zero-order valence-electron chi connectivity index (χ0n) is 13.4. The van der Waals surface area contributed by atoms with Crippen LogP contribution in [-0.2, 0) is 14.3 Å². The fourth-order valence-electron chi connectivity index (χ4n) is 2.19. The first-order chi connectivity index (χ1) is 10.7. The van der Waals surface area contributed by atoms with Crippen LogP contribution in [0.2, 0.25) is 0 Å². The summed E-state index contributed by atoms with van der Waals surface area (Å²) in [6.45, 7) is 3.42. The van der Waals surface area contributed by atoms with Crippen LogP contribution in [0.25, 0.3) is 0 Å². The van der Waals surface area contributed by atoms with Crippen molar-refractivity contribution in [2.75, 3.05) is 6.61 Å². The molecule has 0 saturated carbocycles. The molecule has 23 heavy (non-hydrogen) atoms. The van der Waals surface area contributed by atoms with Crippen LogP contribution in [0.15, 0.2) is 29.2 Å². The number of unbranched alkanes of at least 4 members (excludes halogenated alkanes) is 1. The van der Waals surface area contributed by atoms with Gasteiger partial charge in [-0.2, -0.15) is 21.6 Å². The summed E-state index contributed by atoms with van der Waals surface area (Å²) in [6, 6.07) is 6.12. The van der Waals surface area contributed by atoms with E-state index in [1.165, 1.54) is 12.1 Å². The van der Waals surface area contributed by atoms with Crippen molar-refractivity contribution >= 4 is 10.1 Å². The molecule has 1 unspecified atom stereocenters. The lowest BCUT2D eigenvalue weighted by Gasteiger charge is -2.19. The summed E-state index contributed by atoms with van der Waals surface area (Å²) >= 11 is 0. The van der Waals surface area contributed by atoms with E-state index in [1.54, 1.807) is 12.1 Å². The predicted octanol–water partition coefficient (Wildman–Crippen LogP) is 4.85. The molecule has 1 aromatic rings. The van der Waals surface area contributed by atoms with Gasteiger partial charge >= 0.3 is 6.18 Å². The van der Waals surface area contributed by atoms with Crippen molar-refractivity contribution in [3.63, 3.8) is 0 Å². The van der Waals surface area contributed by atoms with Gasteiger partial charge in [0.05, 0.1) is 17.4 Å². The monoisotopic (exact) mass is 352 g/mol. The Morgan fingerprint density at radius 2 is 1.65 bits per heavy atom. The molecule has 0 aliphatic heterocycles. The van der Waals surface area contributed by atoms with Crippen LogP contribution in [0.5, 0.6) is 0 Å². The maximum atomic E-state index is 12.8. The molecule has 0 aromatic heterocycles. The normalized spacial score (nSPS) is 14.0. The molecule has 0 N–H and O–H groups in total. The van der Waals surface area contributed by atoms with E-state index >= 15 is 0 Å². The third kappa shape index (κ3) is 6.91. The second kappa shape index (κ2) is 8.68. The molecule has 0 aliphatic carbocycles. The van der Waals surface area contributed by atoms with Gasteiger partial charge in [-0.15, -0.1) is 0 Å². The summed E-state index contributed by atoms with van der Waals surface area (Å²) in [5.41, 5.74) is 0.910. The highest BCUT2D eigenvalue weighted by atomic mass is 32.2. The lowest BCUT2D eigenvalue weighted by Crippen LogP contribution is -2.23. The van der Waals surface area contributed by atoms with Gasteiger partial charge in [-0.05, 0) is 38.3 Å². The maximum absolute atomic E-state index is 12.8. The van der Waals surface area contributed by atoms with Gasteiger partial charge < -0.3 is 0 Å². The molecule has 132 valence electrons. The van der Waals surface area contributed by atoms with Gasteiger partial charge in [-0.3, -0.25) is 4.18 Å². The second-order valence-corrected chi connectivity index (χ2v) is 7.23. The summed E-state index contributed by atoms with van der Waals surface area (Å²) in [5, 5.41) is 0.